The fraction of sp³-hybridized carbons (Fsp3) is 0.571. The molecule has 0 aliphatic carbocycles. The molecule has 1 saturated heterocycles. The number of piperidine rings is 1. The van der Waals surface area contributed by atoms with Crippen molar-refractivity contribution >= 4 is 11.6 Å². The number of anilines is 1. The van der Waals surface area contributed by atoms with Gasteiger partial charge >= 0.3 is 0 Å². The largest absolute Gasteiger partial charge is 0.385 e. The molecule has 10 heteroatoms. The number of amides is 1. The fourth-order valence-corrected chi connectivity index (χ4v) is 6.23. The molecule has 4 N–H and O–H groups in total. The topological polar surface area (TPSA) is 82.0 Å². The highest BCUT2D eigenvalue weighted by atomic mass is 19.3. The molecule has 0 radical (unpaired) electrons. The van der Waals surface area contributed by atoms with Crippen LogP contribution in [0.5, 0.6) is 0 Å². The first-order valence-corrected chi connectivity index (χ1v) is 13.8. The Labute approximate surface area is 223 Å². The van der Waals surface area contributed by atoms with Gasteiger partial charge in [-0.15, -0.1) is 0 Å². The Hall–Kier alpha value is -2.98. The number of rotatable bonds is 7. The zero-order chi connectivity index (χ0) is 26.8. The van der Waals surface area contributed by atoms with Crippen molar-refractivity contribution in [3.63, 3.8) is 0 Å². The van der Waals surface area contributed by atoms with Crippen LogP contribution in [0.4, 0.5) is 14.5 Å². The van der Waals surface area contributed by atoms with Crippen LogP contribution >= 0.6 is 0 Å². The van der Waals surface area contributed by atoms with Gasteiger partial charge in [0.1, 0.15) is 0 Å². The van der Waals surface area contributed by atoms with Gasteiger partial charge in [-0.2, -0.15) is 5.10 Å². The Balaban J connectivity index is 1.54. The molecule has 0 saturated carbocycles. The number of aromatic nitrogens is 2. The number of nitrogens with two attached hydrogens (primary N) is 1. The predicted molar refractivity (Wildman–Crippen MR) is 144 cm³/mol. The van der Waals surface area contributed by atoms with E-state index in [9.17, 15) is 13.6 Å². The van der Waals surface area contributed by atoms with Crippen LogP contribution < -0.4 is 20.9 Å². The molecular formula is C28H40F2N7O+. The second-order valence-electron chi connectivity index (χ2n) is 10.7. The maximum atomic E-state index is 14.4. The van der Waals surface area contributed by atoms with Gasteiger partial charge in [0.25, 0.3) is 6.43 Å². The molecule has 1 aromatic heterocycles. The van der Waals surface area contributed by atoms with E-state index in [-0.39, 0.29) is 17.6 Å². The van der Waals surface area contributed by atoms with Crippen LogP contribution in [0, 0.1) is 0 Å². The third-order valence-electron chi connectivity index (χ3n) is 8.21. The van der Waals surface area contributed by atoms with Crippen LogP contribution in [0.1, 0.15) is 50.2 Å². The minimum absolute atomic E-state index is 0.0366. The lowest BCUT2D eigenvalue weighted by Crippen LogP contribution is -2.91. The molecule has 3 aliphatic rings. The molecule has 0 bridgehead atoms. The number of carbonyl (C=O) groups excluding carboxylic acids is 1. The lowest BCUT2D eigenvalue weighted by Gasteiger charge is -2.41. The maximum Gasteiger partial charge on any atom is 0.264 e. The van der Waals surface area contributed by atoms with Gasteiger partial charge in [-0.25, -0.2) is 8.78 Å². The van der Waals surface area contributed by atoms with Crippen molar-refractivity contribution in [2.75, 3.05) is 44.7 Å². The van der Waals surface area contributed by atoms with Crippen molar-refractivity contribution in [1.82, 2.24) is 25.3 Å². The summed E-state index contributed by atoms with van der Waals surface area (Å²) < 4.78 is 30.4. The Morgan fingerprint density at radius 2 is 2.00 bits per heavy atom. The number of quaternary nitrogens is 1. The van der Waals surface area contributed by atoms with Crippen LogP contribution in [-0.2, 0) is 18.3 Å². The van der Waals surface area contributed by atoms with E-state index < -0.39 is 6.43 Å². The zero-order valence-corrected chi connectivity index (χ0v) is 22.6. The van der Waals surface area contributed by atoms with Gasteiger partial charge in [-0.1, -0.05) is 0 Å². The lowest BCUT2D eigenvalue weighted by atomic mass is 9.91. The minimum Gasteiger partial charge on any atom is -0.385 e. The van der Waals surface area contributed by atoms with Crippen molar-refractivity contribution in [2.24, 2.45) is 7.05 Å². The summed E-state index contributed by atoms with van der Waals surface area (Å²) in [6.07, 6.45) is 5.46. The van der Waals surface area contributed by atoms with Gasteiger partial charge in [0.15, 0.2) is 6.17 Å². The smallest absolute Gasteiger partial charge is 0.264 e. The highest BCUT2D eigenvalue weighted by molar-refractivity contribution is 5.75. The Bertz CT molecular complexity index is 1190. The summed E-state index contributed by atoms with van der Waals surface area (Å²) in [6.45, 7) is 5.65. The number of halogens is 2. The molecule has 206 valence electrons. The van der Waals surface area contributed by atoms with E-state index in [1.165, 1.54) is 11.3 Å². The summed E-state index contributed by atoms with van der Waals surface area (Å²) in [5, 5.41) is 13.6. The summed E-state index contributed by atoms with van der Waals surface area (Å²) in [6, 6.07) is 4.05. The number of alkyl halides is 2. The minimum atomic E-state index is -2.59. The monoisotopic (exact) mass is 528 g/mol. The van der Waals surface area contributed by atoms with Crippen molar-refractivity contribution < 1.29 is 18.9 Å². The van der Waals surface area contributed by atoms with E-state index in [0.29, 0.717) is 30.3 Å². The highest BCUT2D eigenvalue weighted by Gasteiger charge is 2.36. The highest BCUT2D eigenvalue weighted by Crippen LogP contribution is 2.40. The predicted octanol–water partition coefficient (Wildman–Crippen LogP) is 2.14. The first-order chi connectivity index (χ1) is 18.4. The van der Waals surface area contributed by atoms with Crippen LogP contribution in [0.25, 0.3) is 11.1 Å². The van der Waals surface area contributed by atoms with E-state index in [1.807, 2.05) is 18.0 Å². The average molecular weight is 529 g/mol. The van der Waals surface area contributed by atoms with Crippen LogP contribution in [0.3, 0.4) is 0 Å². The quantitative estimate of drug-likeness (QED) is 0.513. The number of aryl methyl sites for hydroxylation is 2. The molecule has 0 spiro atoms. The summed E-state index contributed by atoms with van der Waals surface area (Å²) in [4.78, 5) is 16.6. The summed E-state index contributed by atoms with van der Waals surface area (Å²) in [5.41, 5.74) is 5.64. The maximum absolute atomic E-state index is 14.4. The molecule has 1 amide bonds. The molecule has 4 heterocycles. The summed E-state index contributed by atoms with van der Waals surface area (Å²) >= 11 is 0. The van der Waals surface area contributed by atoms with E-state index in [4.69, 9.17) is 0 Å². The number of benzene rings is 1. The normalized spacial score (nSPS) is 19.6. The van der Waals surface area contributed by atoms with Crippen molar-refractivity contribution in [3.8, 4) is 11.1 Å². The van der Waals surface area contributed by atoms with Gasteiger partial charge in [0.2, 0.25) is 5.91 Å². The van der Waals surface area contributed by atoms with Gasteiger partial charge < -0.3 is 25.8 Å². The van der Waals surface area contributed by atoms with Gasteiger partial charge in [-0.3, -0.25) is 9.48 Å². The Morgan fingerprint density at radius 3 is 2.66 bits per heavy atom. The molecular weight excluding hydrogens is 488 g/mol. The van der Waals surface area contributed by atoms with Crippen molar-refractivity contribution in [2.45, 2.75) is 57.7 Å². The first kappa shape index (κ1) is 26.6. The third kappa shape index (κ3) is 5.42. The third-order valence-corrected chi connectivity index (χ3v) is 8.21. The summed E-state index contributed by atoms with van der Waals surface area (Å²) in [7, 11) is 3.84. The second kappa shape index (κ2) is 11.4. The molecule has 1 fully saturated rings. The van der Waals surface area contributed by atoms with Crippen LogP contribution in [-0.4, -0.2) is 72.6 Å². The molecule has 5 rings (SSSR count). The molecule has 3 aliphatic heterocycles. The van der Waals surface area contributed by atoms with Crippen molar-refractivity contribution in [1.29, 1.82) is 0 Å². The van der Waals surface area contributed by atoms with E-state index in [1.54, 1.807) is 37.1 Å². The Kier molecular flexibility index (Phi) is 7.99. The number of likely N-dealkylation sites (N-methyl/N-ethyl adjacent to an activating group) is 1. The number of fused-ring (bicyclic) bond motifs is 1. The number of hydrogen-bond acceptors (Lipinski definition) is 5. The van der Waals surface area contributed by atoms with Gasteiger partial charge in [0, 0.05) is 73.8 Å². The molecule has 38 heavy (non-hydrogen) atoms. The molecule has 1 aromatic carbocycles. The summed E-state index contributed by atoms with van der Waals surface area (Å²) in [5.74, 6) is 0.0680. The number of carbonyl (C=O) groups is 1. The van der Waals surface area contributed by atoms with E-state index in [2.05, 4.69) is 25.9 Å². The van der Waals surface area contributed by atoms with E-state index >= 15 is 0 Å². The fourth-order valence-electron chi connectivity index (χ4n) is 6.23. The number of nitrogens with zero attached hydrogens (tertiary/aromatic N) is 4. The van der Waals surface area contributed by atoms with Crippen LogP contribution in [0.2, 0.25) is 0 Å². The average Bonchev–Trinajstić information content (AvgIpc) is 3.35. The lowest BCUT2D eigenvalue weighted by molar-refractivity contribution is -0.654. The van der Waals surface area contributed by atoms with Gasteiger partial charge in [0.05, 0.1) is 19.8 Å². The van der Waals surface area contributed by atoms with E-state index in [0.717, 1.165) is 63.0 Å². The first-order valence-electron chi connectivity index (χ1n) is 13.8. The zero-order valence-electron chi connectivity index (χ0n) is 22.6. The number of hydrogen-bond donors (Lipinski definition) is 3. The molecule has 1 unspecified atom stereocenters. The van der Waals surface area contributed by atoms with Gasteiger partial charge in [-0.05, 0) is 62.0 Å². The Morgan fingerprint density at radius 1 is 1.21 bits per heavy atom. The van der Waals surface area contributed by atoms with Crippen molar-refractivity contribution in [3.05, 3.63) is 46.9 Å². The van der Waals surface area contributed by atoms with Crippen LogP contribution in [0.15, 0.2) is 35.8 Å². The second-order valence-corrected chi connectivity index (χ2v) is 10.7. The molecule has 1 atom stereocenters. The number of nitrogens with one attached hydrogen (secondary N) is 2. The standard InChI is InChI=1S/C28H39F2N7O/c1-18(38)36-12-8-25(34-21-6-9-32-10-7-21)24(17-36)28(31-2)37-11-4-5-19-13-22(20-15-33-35(3)16-20)23(27(29)30)14-26(19)37/h13-16,21,27-28,31-32,34H,4-12,17H2,1-3H3/p+1. The SMILES string of the molecule is C[NH2+]C(C1=C(NC2CCNCC2)CCN(C(C)=O)C1)N1CCCc2cc(-c3cnn(C)c3)c(C(F)F)cc21. The molecule has 8 nitrogen and oxygen atoms in total. The molecule has 2 aromatic rings.